The number of carbonyl (C=O) groups is 2. The maximum Gasteiger partial charge on any atom is 0.270 e. The predicted molar refractivity (Wildman–Crippen MR) is 104 cm³/mol. The smallest absolute Gasteiger partial charge is 0.270 e. The van der Waals surface area contributed by atoms with Crippen molar-refractivity contribution in [3.8, 4) is 0 Å². The Morgan fingerprint density at radius 3 is 2.46 bits per heavy atom. The van der Waals surface area contributed by atoms with Crippen molar-refractivity contribution in [2.75, 3.05) is 12.4 Å². The standard InChI is InChI=1S/C18H23N5O2S/c1-11-8-6-7-9-12(11)13(19-5)15(24)21-14(18(2,3)4)16(25)22-17-23-20-10-26-17/h6-10,14H,1-5H3,(H,21,24)(H,22,23,25). The molecule has 0 aliphatic heterocycles. The van der Waals surface area contributed by atoms with E-state index in [1.807, 2.05) is 52.0 Å². The lowest BCUT2D eigenvalue weighted by Crippen LogP contribution is -2.53. The van der Waals surface area contributed by atoms with E-state index in [2.05, 4.69) is 25.8 Å². The lowest BCUT2D eigenvalue weighted by molar-refractivity contribution is -0.125. The average Bonchev–Trinajstić information content (AvgIpc) is 3.06. The Morgan fingerprint density at radius 2 is 1.92 bits per heavy atom. The average molecular weight is 373 g/mol. The Kier molecular flexibility index (Phi) is 6.20. The number of rotatable bonds is 5. The maximum absolute atomic E-state index is 12.8. The third kappa shape index (κ3) is 4.72. The van der Waals surface area contributed by atoms with Crippen LogP contribution in [0.5, 0.6) is 0 Å². The van der Waals surface area contributed by atoms with Gasteiger partial charge in [0.1, 0.15) is 17.3 Å². The predicted octanol–water partition coefficient (Wildman–Crippen LogP) is 2.44. The fraction of sp³-hybridized carbons (Fsp3) is 0.389. The number of benzene rings is 1. The largest absolute Gasteiger partial charge is 0.338 e. The van der Waals surface area contributed by atoms with Crippen LogP contribution in [0.1, 0.15) is 31.9 Å². The fourth-order valence-corrected chi connectivity index (χ4v) is 2.91. The summed E-state index contributed by atoms with van der Waals surface area (Å²) in [6, 6.07) is 6.74. The third-order valence-electron chi connectivity index (χ3n) is 3.83. The van der Waals surface area contributed by atoms with Crippen LogP contribution in [0, 0.1) is 12.3 Å². The minimum absolute atomic E-state index is 0.293. The molecule has 0 fully saturated rings. The number of amides is 2. The maximum atomic E-state index is 12.8. The third-order valence-corrected chi connectivity index (χ3v) is 4.44. The zero-order chi connectivity index (χ0) is 19.3. The Labute approximate surface area is 157 Å². The zero-order valence-electron chi connectivity index (χ0n) is 15.5. The summed E-state index contributed by atoms with van der Waals surface area (Å²) >= 11 is 1.22. The van der Waals surface area contributed by atoms with E-state index in [1.165, 1.54) is 16.8 Å². The number of anilines is 1. The van der Waals surface area contributed by atoms with E-state index in [-0.39, 0.29) is 5.91 Å². The molecule has 8 heteroatoms. The molecule has 1 unspecified atom stereocenters. The summed E-state index contributed by atoms with van der Waals surface area (Å²) in [7, 11) is 1.56. The van der Waals surface area contributed by atoms with E-state index in [0.29, 0.717) is 10.8 Å². The first kappa shape index (κ1) is 19.7. The molecule has 138 valence electrons. The van der Waals surface area contributed by atoms with E-state index < -0.39 is 17.4 Å². The van der Waals surface area contributed by atoms with Crippen LogP contribution in [0.4, 0.5) is 5.13 Å². The van der Waals surface area contributed by atoms with Gasteiger partial charge in [0.2, 0.25) is 11.0 Å². The number of nitrogens with zero attached hydrogens (tertiary/aromatic N) is 3. The molecule has 1 aromatic heterocycles. The first-order valence-electron chi connectivity index (χ1n) is 8.14. The Balaban J connectivity index is 2.23. The minimum atomic E-state index is -0.764. The van der Waals surface area contributed by atoms with Crippen LogP contribution >= 0.6 is 11.3 Å². The van der Waals surface area contributed by atoms with Crippen molar-refractivity contribution in [3.63, 3.8) is 0 Å². The van der Waals surface area contributed by atoms with E-state index in [1.54, 1.807) is 7.05 Å². The van der Waals surface area contributed by atoms with Crippen molar-refractivity contribution in [3.05, 3.63) is 40.9 Å². The van der Waals surface area contributed by atoms with Crippen molar-refractivity contribution in [1.29, 1.82) is 0 Å². The van der Waals surface area contributed by atoms with Gasteiger partial charge in [-0.1, -0.05) is 56.4 Å². The summed E-state index contributed by atoms with van der Waals surface area (Å²) in [6.07, 6.45) is 0. The molecule has 26 heavy (non-hydrogen) atoms. The molecule has 0 radical (unpaired) electrons. The van der Waals surface area contributed by atoms with Gasteiger partial charge >= 0.3 is 0 Å². The summed E-state index contributed by atoms with van der Waals surface area (Å²) in [5.41, 5.74) is 3.00. The topological polar surface area (TPSA) is 96.3 Å². The lowest BCUT2D eigenvalue weighted by atomic mass is 9.86. The molecule has 0 saturated carbocycles. The highest BCUT2D eigenvalue weighted by Gasteiger charge is 2.34. The molecule has 0 aliphatic rings. The fourth-order valence-electron chi connectivity index (χ4n) is 2.46. The van der Waals surface area contributed by atoms with Crippen LogP contribution in [0.2, 0.25) is 0 Å². The van der Waals surface area contributed by atoms with Gasteiger partial charge in [0.25, 0.3) is 5.91 Å². The van der Waals surface area contributed by atoms with E-state index in [4.69, 9.17) is 0 Å². The zero-order valence-corrected chi connectivity index (χ0v) is 16.3. The monoisotopic (exact) mass is 373 g/mol. The van der Waals surface area contributed by atoms with Crippen molar-refractivity contribution >= 4 is 34.0 Å². The van der Waals surface area contributed by atoms with Crippen LogP contribution in [-0.2, 0) is 9.59 Å². The van der Waals surface area contributed by atoms with Gasteiger partial charge in [0, 0.05) is 12.6 Å². The SMILES string of the molecule is CN=C(C(=O)NC(C(=O)Nc1nncs1)C(C)(C)C)c1ccccc1C. The minimum Gasteiger partial charge on any atom is -0.338 e. The summed E-state index contributed by atoms with van der Waals surface area (Å²) in [5, 5.41) is 13.4. The van der Waals surface area contributed by atoms with E-state index in [0.717, 1.165) is 11.1 Å². The summed E-state index contributed by atoms with van der Waals surface area (Å²) in [5.74, 6) is -0.739. The molecule has 0 aliphatic carbocycles. The van der Waals surface area contributed by atoms with Crippen molar-refractivity contribution in [2.45, 2.75) is 33.7 Å². The van der Waals surface area contributed by atoms with Crippen molar-refractivity contribution in [2.24, 2.45) is 10.4 Å². The number of aliphatic imine (C=N–C) groups is 1. The van der Waals surface area contributed by atoms with Crippen LogP contribution in [0.25, 0.3) is 0 Å². The quantitative estimate of drug-likeness (QED) is 0.787. The lowest BCUT2D eigenvalue weighted by Gasteiger charge is -2.30. The van der Waals surface area contributed by atoms with Gasteiger partial charge in [-0.25, -0.2) is 0 Å². The van der Waals surface area contributed by atoms with Gasteiger partial charge < -0.3 is 5.32 Å². The van der Waals surface area contributed by atoms with Gasteiger partial charge in [-0.15, -0.1) is 10.2 Å². The Hall–Kier alpha value is -2.61. The molecule has 2 aromatic rings. The molecular weight excluding hydrogens is 350 g/mol. The second kappa shape index (κ2) is 8.18. The normalized spacial score (nSPS) is 13.2. The summed E-state index contributed by atoms with van der Waals surface area (Å²) in [4.78, 5) is 29.7. The molecular formula is C18H23N5O2S. The molecule has 2 rings (SSSR count). The van der Waals surface area contributed by atoms with Gasteiger partial charge in [-0.05, 0) is 17.9 Å². The van der Waals surface area contributed by atoms with Gasteiger partial charge in [0.15, 0.2) is 0 Å². The molecule has 2 amide bonds. The second-order valence-corrected chi connectivity index (χ2v) is 7.73. The van der Waals surface area contributed by atoms with Crippen LogP contribution in [0.3, 0.4) is 0 Å². The molecule has 1 heterocycles. The van der Waals surface area contributed by atoms with Crippen molar-refractivity contribution in [1.82, 2.24) is 15.5 Å². The highest BCUT2D eigenvalue weighted by Crippen LogP contribution is 2.22. The number of aromatic nitrogens is 2. The van der Waals surface area contributed by atoms with Gasteiger partial charge in [-0.3, -0.25) is 19.9 Å². The molecule has 2 N–H and O–H groups in total. The highest BCUT2D eigenvalue weighted by molar-refractivity contribution is 7.13. The second-order valence-electron chi connectivity index (χ2n) is 6.89. The number of hydrogen-bond donors (Lipinski definition) is 2. The van der Waals surface area contributed by atoms with Crippen molar-refractivity contribution < 1.29 is 9.59 Å². The number of aryl methyl sites for hydroxylation is 1. The first-order chi connectivity index (χ1) is 12.2. The Bertz CT molecular complexity index is 809. The van der Waals surface area contributed by atoms with Crippen LogP contribution in [0.15, 0.2) is 34.8 Å². The van der Waals surface area contributed by atoms with Crippen LogP contribution in [-0.4, -0.2) is 40.8 Å². The number of hydrogen-bond acceptors (Lipinski definition) is 6. The highest BCUT2D eigenvalue weighted by atomic mass is 32.1. The molecule has 0 spiro atoms. The summed E-state index contributed by atoms with van der Waals surface area (Å²) < 4.78 is 0. The van der Waals surface area contributed by atoms with E-state index >= 15 is 0 Å². The molecule has 7 nitrogen and oxygen atoms in total. The first-order valence-corrected chi connectivity index (χ1v) is 9.02. The number of nitrogens with one attached hydrogen (secondary N) is 2. The number of carbonyl (C=O) groups excluding carboxylic acids is 2. The van der Waals surface area contributed by atoms with Gasteiger partial charge in [-0.2, -0.15) is 0 Å². The summed E-state index contributed by atoms with van der Waals surface area (Å²) in [6.45, 7) is 7.56. The molecule has 0 saturated heterocycles. The Morgan fingerprint density at radius 1 is 1.23 bits per heavy atom. The molecule has 0 bridgehead atoms. The van der Waals surface area contributed by atoms with Crippen LogP contribution < -0.4 is 10.6 Å². The van der Waals surface area contributed by atoms with Gasteiger partial charge in [0.05, 0.1) is 0 Å². The molecule has 1 aromatic carbocycles. The van der Waals surface area contributed by atoms with E-state index in [9.17, 15) is 9.59 Å². The molecule has 1 atom stereocenters.